The number of aromatic nitrogens is 2. The Balaban J connectivity index is 2.07. The molecule has 1 heterocycles. The summed E-state index contributed by atoms with van der Waals surface area (Å²) in [4.78, 5) is 11.8. The molecule has 6 heteroatoms. The zero-order valence-electron chi connectivity index (χ0n) is 11.4. The molecule has 0 bridgehead atoms. The van der Waals surface area contributed by atoms with Crippen molar-refractivity contribution < 1.29 is 9.21 Å². The van der Waals surface area contributed by atoms with E-state index in [-0.39, 0.29) is 5.91 Å². The Hall–Kier alpha value is -2.21. The number of benzene rings is 1. The van der Waals surface area contributed by atoms with Crippen LogP contribution in [0.25, 0.3) is 11.5 Å². The first kappa shape index (κ1) is 14.2. The molecule has 0 atom stereocenters. The van der Waals surface area contributed by atoms with Crippen LogP contribution in [0.5, 0.6) is 0 Å². The van der Waals surface area contributed by atoms with E-state index in [0.29, 0.717) is 18.9 Å². The molecule has 3 N–H and O–H groups in total. The second-order valence-electron chi connectivity index (χ2n) is 4.57. The van der Waals surface area contributed by atoms with Crippen LogP contribution in [0, 0.1) is 6.92 Å². The summed E-state index contributed by atoms with van der Waals surface area (Å²) in [6.45, 7) is 2.55. The molecule has 0 radical (unpaired) electrons. The lowest BCUT2D eigenvalue weighted by atomic mass is 10.1. The van der Waals surface area contributed by atoms with Crippen molar-refractivity contribution in [2.24, 2.45) is 5.73 Å². The minimum atomic E-state index is -0.00997. The fourth-order valence-corrected chi connectivity index (χ4v) is 1.83. The molecular formula is C14H18N4O2. The smallest absolute Gasteiger partial charge is 0.247 e. The molecule has 0 saturated carbocycles. The number of carbonyl (C=O) groups is 1. The van der Waals surface area contributed by atoms with Gasteiger partial charge in [0.15, 0.2) is 0 Å². The van der Waals surface area contributed by atoms with Crippen molar-refractivity contribution in [2.45, 2.75) is 26.2 Å². The number of carbonyl (C=O) groups excluding carboxylic acids is 1. The van der Waals surface area contributed by atoms with Crippen molar-refractivity contribution in [3.05, 3.63) is 30.2 Å². The summed E-state index contributed by atoms with van der Waals surface area (Å²) in [7, 11) is 0. The third kappa shape index (κ3) is 3.64. The molecule has 0 aliphatic rings. The van der Waals surface area contributed by atoms with Gasteiger partial charge in [0.05, 0.1) is 0 Å². The molecule has 1 aromatic carbocycles. The van der Waals surface area contributed by atoms with E-state index in [1.54, 1.807) is 0 Å². The van der Waals surface area contributed by atoms with Gasteiger partial charge in [-0.1, -0.05) is 6.07 Å². The predicted molar refractivity (Wildman–Crippen MR) is 76.0 cm³/mol. The largest absolute Gasteiger partial charge is 0.423 e. The number of anilines is 1. The first-order valence-electron chi connectivity index (χ1n) is 6.58. The van der Waals surface area contributed by atoms with Gasteiger partial charge in [0.25, 0.3) is 0 Å². The van der Waals surface area contributed by atoms with Crippen LogP contribution in [-0.4, -0.2) is 22.6 Å². The monoisotopic (exact) mass is 274 g/mol. The van der Waals surface area contributed by atoms with Crippen LogP contribution in [0.2, 0.25) is 0 Å². The summed E-state index contributed by atoms with van der Waals surface area (Å²) in [5.41, 5.74) is 7.94. The molecule has 1 aromatic heterocycles. The second-order valence-corrected chi connectivity index (χ2v) is 4.57. The van der Waals surface area contributed by atoms with Crippen molar-refractivity contribution >= 4 is 11.6 Å². The molecule has 0 aliphatic carbocycles. The van der Waals surface area contributed by atoms with E-state index in [1.807, 2.05) is 25.1 Å². The van der Waals surface area contributed by atoms with Crippen LogP contribution in [0.15, 0.2) is 29.0 Å². The summed E-state index contributed by atoms with van der Waals surface area (Å²) in [6, 6.07) is 5.63. The Morgan fingerprint density at radius 3 is 2.95 bits per heavy atom. The lowest BCUT2D eigenvalue weighted by molar-refractivity contribution is -0.116. The number of amides is 1. The van der Waals surface area contributed by atoms with Crippen LogP contribution in [-0.2, 0) is 4.79 Å². The van der Waals surface area contributed by atoms with Crippen LogP contribution in [0.3, 0.4) is 0 Å². The molecule has 106 valence electrons. The molecule has 0 spiro atoms. The number of nitrogens with two attached hydrogens (primary N) is 1. The third-order valence-electron chi connectivity index (χ3n) is 2.98. The van der Waals surface area contributed by atoms with Crippen molar-refractivity contribution in [1.29, 1.82) is 0 Å². The summed E-state index contributed by atoms with van der Waals surface area (Å²) in [6.07, 6.45) is 3.40. The van der Waals surface area contributed by atoms with Crippen LogP contribution >= 0.6 is 0 Å². The van der Waals surface area contributed by atoms with Gasteiger partial charge in [0.2, 0.25) is 18.2 Å². The highest BCUT2D eigenvalue weighted by Crippen LogP contribution is 2.24. The molecule has 6 nitrogen and oxygen atoms in total. The number of hydrogen-bond acceptors (Lipinski definition) is 5. The van der Waals surface area contributed by atoms with Gasteiger partial charge in [-0.2, -0.15) is 0 Å². The van der Waals surface area contributed by atoms with E-state index in [4.69, 9.17) is 10.2 Å². The van der Waals surface area contributed by atoms with E-state index in [9.17, 15) is 4.79 Å². The standard InChI is InChI=1S/C14H18N4O2/c1-10-5-6-11(14-18-16-9-20-14)8-12(10)17-13(19)4-2-3-7-15/h5-6,8-9H,2-4,7,15H2,1H3,(H,17,19). The van der Waals surface area contributed by atoms with E-state index < -0.39 is 0 Å². The highest BCUT2D eigenvalue weighted by atomic mass is 16.4. The van der Waals surface area contributed by atoms with Gasteiger partial charge < -0.3 is 15.5 Å². The zero-order valence-corrected chi connectivity index (χ0v) is 11.4. The maximum absolute atomic E-state index is 11.8. The normalized spacial score (nSPS) is 10.5. The summed E-state index contributed by atoms with van der Waals surface area (Å²) in [5, 5.41) is 10.4. The number of nitrogens with zero attached hydrogens (tertiary/aromatic N) is 2. The van der Waals surface area contributed by atoms with E-state index >= 15 is 0 Å². The topological polar surface area (TPSA) is 94.0 Å². The maximum atomic E-state index is 11.8. The van der Waals surface area contributed by atoms with Crippen LogP contribution in [0.4, 0.5) is 5.69 Å². The first-order chi connectivity index (χ1) is 9.70. The Morgan fingerprint density at radius 1 is 1.40 bits per heavy atom. The van der Waals surface area contributed by atoms with E-state index in [0.717, 1.165) is 29.7 Å². The van der Waals surface area contributed by atoms with Crippen molar-refractivity contribution in [3.8, 4) is 11.5 Å². The van der Waals surface area contributed by atoms with Gasteiger partial charge in [0, 0.05) is 17.7 Å². The van der Waals surface area contributed by atoms with E-state index in [2.05, 4.69) is 15.5 Å². The van der Waals surface area contributed by atoms with Gasteiger partial charge in [-0.3, -0.25) is 4.79 Å². The minimum Gasteiger partial charge on any atom is -0.423 e. The lowest BCUT2D eigenvalue weighted by Crippen LogP contribution is -2.13. The lowest BCUT2D eigenvalue weighted by Gasteiger charge is -2.09. The quantitative estimate of drug-likeness (QED) is 0.787. The zero-order chi connectivity index (χ0) is 14.4. The Bertz CT molecular complexity index is 567. The number of nitrogens with one attached hydrogen (secondary N) is 1. The number of hydrogen-bond donors (Lipinski definition) is 2. The minimum absolute atomic E-state index is 0.00997. The summed E-state index contributed by atoms with van der Waals surface area (Å²) >= 11 is 0. The SMILES string of the molecule is Cc1ccc(-c2nnco2)cc1NC(=O)CCCCN. The Labute approximate surface area is 117 Å². The number of aryl methyl sites for hydroxylation is 1. The molecule has 0 saturated heterocycles. The third-order valence-corrected chi connectivity index (χ3v) is 2.98. The molecule has 0 fully saturated rings. The van der Waals surface area contributed by atoms with Gasteiger partial charge in [-0.15, -0.1) is 10.2 Å². The van der Waals surface area contributed by atoms with E-state index in [1.165, 1.54) is 6.39 Å². The molecule has 20 heavy (non-hydrogen) atoms. The van der Waals surface area contributed by atoms with Gasteiger partial charge in [0.1, 0.15) is 0 Å². The fraction of sp³-hybridized carbons (Fsp3) is 0.357. The average Bonchev–Trinajstić information content (AvgIpc) is 2.95. The highest BCUT2D eigenvalue weighted by Gasteiger charge is 2.09. The van der Waals surface area contributed by atoms with Gasteiger partial charge >= 0.3 is 0 Å². The Morgan fingerprint density at radius 2 is 2.25 bits per heavy atom. The highest BCUT2D eigenvalue weighted by molar-refractivity contribution is 5.92. The number of rotatable bonds is 6. The summed E-state index contributed by atoms with van der Waals surface area (Å²) in [5.74, 6) is 0.424. The Kier molecular flexibility index (Phi) is 4.84. The molecular weight excluding hydrogens is 256 g/mol. The average molecular weight is 274 g/mol. The molecule has 0 aliphatic heterocycles. The van der Waals surface area contributed by atoms with Crippen molar-refractivity contribution in [1.82, 2.24) is 10.2 Å². The van der Waals surface area contributed by atoms with Crippen molar-refractivity contribution in [2.75, 3.05) is 11.9 Å². The van der Waals surface area contributed by atoms with Crippen LogP contribution in [0.1, 0.15) is 24.8 Å². The van der Waals surface area contributed by atoms with Crippen molar-refractivity contribution in [3.63, 3.8) is 0 Å². The fourth-order valence-electron chi connectivity index (χ4n) is 1.83. The summed E-state index contributed by atoms with van der Waals surface area (Å²) < 4.78 is 5.15. The number of unbranched alkanes of at least 4 members (excludes halogenated alkanes) is 1. The van der Waals surface area contributed by atoms with Gasteiger partial charge in [-0.05, 0) is 44.0 Å². The predicted octanol–water partition coefficient (Wildman–Crippen LogP) is 2.11. The van der Waals surface area contributed by atoms with Gasteiger partial charge in [-0.25, -0.2) is 0 Å². The maximum Gasteiger partial charge on any atom is 0.247 e. The molecule has 2 rings (SSSR count). The second kappa shape index (κ2) is 6.81. The molecule has 2 aromatic rings. The molecule has 1 amide bonds. The molecule has 0 unspecified atom stereocenters. The first-order valence-corrected chi connectivity index (χ1v) is 6.58. The van der Waals surface area contributed by atoms with Crippen LogP contribution < -0.4 is 11.1 Å².